The van der Waals surface area contributed by atoms with E-state index >= 15 is 0 Å². The summed E-state index contributed by atoms with van der Waals surface area (Å²) in [6.45, 7) is 7.97. The molecule has 0 fully saturated rings. The molecule has 0 bridgehead atoms. The van der Waals surface area contributed by atoms with Gasteiger partial charge in [-0.05, 0) is 0 Å². The number of hydrogen-bond donors (Lipinski definition) is 0. The Hall–Kier alpha value is -0.257. The normalized spacial score (nSPS) is 18.4. The van der Waals surface area contributed by atoms with E-state index in [1.807, 2.05) is 32.9 Å². The topological polar surface area (TPSA) is 27.7 Å². The average molecular weight is 259 g/mol. The van der Waals surface area contributed by atoms with Crippen LogP contribution in [0.1, 0.15) is 20.8 Å². The van der Waals surface area contributed by atoms with Crippen molar-refractivity contribution in [1.82, 2.24) is 0 Å². The van der Waals surface area contributed by atoms with Crippen LogP contribution in [0.4, 0.5) is 0 Å². The average Bonchev–Trinajstić information content (AvgIpc) is 2.51. The predicted octanol–water partition coefficient (Wildman–Crippen LogP) is 2.07. The summed E-state index contributed by atoms with van der Waals surface area (Å²) in [6, 6.07) is 0. The monoisotopic (exact) mass is 260 g/mol. The second-order valence-electron chi connectivity index (χ2n) is 2.86. The first-order valence-corrected chi connectivity index (χ1v) is 9.07. The van der Waals surface area contributed by atoms with E-state index in [2.05, 4.69) is 4.91 Å². The van der Waals surface area contributed by atoms with E-state index in [1.54, 1.807) is 0 Å². The molecule has 3 nitrogen and oxygen atoms in total. The van der Waals surface area contributed by atoms with E-state index < -0.39 is 13.9 Å². The predicted molar refractivity (Wildman–Crippen MR) is 57.9 cm³/mol. The van der Waals surface area contributed by atoms with Gasteiger partial charge in [-0.15, -0.1) is 0 Å². The van der Waals surface area contributed by atoms with Gasteiger partial charge in [-0.1, -0.05) is 0 Å². The fourth-order valence-corrected chi connectivity index (χ4v) is 6.94. The summed E-state index contributed by atoms with van der Waals surface area (Å²) in [4.78, 5) is 2.07. The quantitative estimate of drug-likeness (QED) is 0.683. The molecule has 0 radical (unpaired) electrons. The molecule has 0 saturated heterocycles. The molecule has 0 atom stereocenters. The van der Waals surface area contributed by atoms with Gasteiger partial charge in [0.1, 0.15) is 0 Å². The van der Waals surface area contributed by atoms with Crippen LogP contribution in [-0.4, -0.2) is 33.8 Å². The number of ether oxygens (including phenoxy) is 1. The van der Waals surface area contributed by atoms with Crippen LogP contribution in [-0.2, 0) is 12.3 Å². The van der Waals surface area contributed by atoms with Crippen molar-refractivity contribution < 1.29 is 12.3 Å². The second kappa shape index (κ2) is 5.58. The molecule has 0 spiro atoms. The zero-order chi connectivity index (χ0) is 10.4. The maximum atomic E-state index is 5.78. The molecule has 0 aliphatic carbocycles. The first-order valence-electron chi connectivity index (χ1n) is 5.09. The number of rotatable bonds is 6. The van der Waals surface area contributed by atoms with Crippen LogP contribution in [0.15, 0.2) is 21.7 Å². The van der Waals surface area contributed by atoms with Crippen LogP contribution in [0.5, 0.6) is 0 Å². The number of hydrogen-bond acceptors (Lipinski definition) is 3. The van der Waals surface area contributed by atoms with Crippen molar-refractivity contribution in [3.8, 4) is 0 Å². The molecule has 80 valence electrons. The Balaban J connectivity index is 2.74. The Bertz CT molecular complexity index is 230. The van der Waals surface area contributed by atoms with Crippen LogP contribution in [0.25, 0.3) is 0 Å². The molecule has 14 heavy (non-hydrogen) atoms. The van der Waals surface area contributed by atoms with Gasteiger partial charge in [0.15, 0.2) is 0 Å². The number of allylic oxidation sites excluding steroid dienone is 2. The van der Waals surface area contributed by atoms with E-state index in [4.69, 9.17) is 12.3 Å². The minimum atomic E-state index is -2.87. The molecule has 0 aromatic carbocycles. The van der Waals surface area contributed by atoms with Gasteiger partial charge >= 0.3 is 88.4 Å². The zero-order valence-electron chi connectivity index (χ0n) is 9.08. The Morgan fingerprint density at radius 1 is 1.07 bits per heavy atom. The van der Waals surface area contributed by atoms with Crippen molar-refractivity contribution in [3.63, 3.8) is 0 Å². The summed E-state index contributed by atoms with van der Waals surface area (Å²) in [6.07, 6.45) is 3.95. The van der Waals surface area contributed by atoms with Crippen LogP contribution in [0.3, 0.4) is 0 Å². The van der Waals surface area contributed by atoms with Gasteiger partial charge in [0.05, 0.1) is 0 Å². The summed E-state index contributed by atoms with van der Waals surface area (Å²) >= 11 is -2.87. The van der Waals surface area contributed by atoms with E-state index in [-0.39, 0.29) is 0 Å². The van der Waals surface area contributed by atoms with Gasteiger partial charge in [-0.25, -0.2) is 0 Å². The van der Waals surface area contributed by atoms with Gasteiger partial charge in [0, 0.05) is 0 Å². The van der Waals surface area contributed by atoms with Crippen LogP contribution in [0.2, 0.25) is 0 Å². The fraction of sp³-hybridized carbons (Fsp3) is 0.600. The van der Waals surface area contributed by atoms with Crippen LogP contribution >= 0.6 is 0 Å². The summed E-state index contributed by atoms with van der Waals surface area (Å²) in [5, 5.41) is 0. The van der Waals surface area contributed by atoms with Crippen molar-refractivity contribution in [2.75, 3.05) is 19.8 Å². The molecule has 1 aliphatic rings. The molecule has 0 unspecified atom stereocenters. The fourth-order valence-electron chi connectivity index (χ4n) is 1.47. The maximum absolute atomic E-state index is 5.78. The molecule has 4 heteroatoms. The third-order valence-electron chi connectivity index (χ3n) is 1.92. The summed E-state index contributed by atoms with van der Waals surface area (Å²) in [7, 11) is 0. The molecule has 0 aromatic rings. The third-order valence-corrected chi connectivity index (χ3v) is 8.35. The van der Waals surface area contributed by atoms with Crippen LogP contribution in [0, 0.1) is 0 Å². The molecular formula is C10H18GeO3. The van der Waals surface area contributed by atoms with Crippen molar-refractivity contribution in [1.29, 1.82) is 0 Å². The Morgan fingerprint density at radius 3 is 2.21 bits per heavy atom. The van der Waals surface area contributed by atoms with Gasteiger partial charge < -0.3 is 0 Å². The summed E-state index contributed by atoms with van der Waals surface area (Å²) in [5.74, 6) is 0. The second-order valence-corrected chi connectivity index (χ2v) is 8.60. The zero-order valence-corrected chi connectivity index (χ0v) is 11.2. The Morgan fingerprint density at radius 2 is 1.71 bits per heavy atom. The first-order chi connectivity index (χ1) is 6.79. The molecule has 1 heterocycles. The molecule has 0 saturated carbocycles. The van der Waals surface area contributed by atoms with E-state index in [9.17, 15) is 0 Å². The van der Waals surface area contributed by atoms with Crippen molar-refractivity contribution in [2.45, 2.75) is 20.8 Å². The Kier molecular flexibility index (Phi) is 4.71. The standard InChI is InChI=1S/C10H18GeO3/c1-4-12-10-8-7-9-11(10,13-5-2)14-6-3/h7-9H,4-6H2,1-3H3. The molecule has 1 aliphatic heterocycles. The first kappa shape index (κ1) is 11.8. The van der Waals surface area contributed by atoms with E-state index in [1.165, 1.54) is 0 Å². The molecule has 0 amide bonds. The Labute approximate surface area is 88.8 Å². The SMILES string of the molecule is CCO[C]1=CC=[CH][Ge]1([O]CC)[O]CC. The van der Waals surface area contributed by atoms with E-state index in [0.29, 0.717) is 19.8 Å². The molecular weight excluding hydrogens is 241 g/mol. The molecule has 0 N–H and O–H groups in total. The molecule has 0 aromatic heterocycles. The van der Waals surface area contributed by atoms with Crippen molar-refractivity contribution >= 4 is 13.9 Å². The minimum absolute atomic E-state index is 0.667. The summed E-state index contributed by atoms with van der Waals surface area (Å²) < 4.78 is 18.0. The molecule has 1 rings (SSSR count). The van der Waals surface area contributed by atoms with Crippen LogP contribution < -0.4 is 0 Å². The van der Waals surface area contributed by atoms with Gasteiger partial charge in [-0.3, -0.25) is 0 Å². The van der Waals surface area contributed by atoms with Gasteiger partial charge in [0.2, 0.25) is 0 Å². The van der Waals surface area contributed by atoms with Crippen molar-refractivity contribution in [3.05, 3.63) is 21.7 Å². The van der Waals surface area contributed by atoms with E-state index in [0.717, 1.165) is 4.59 Å². The third kappa shape index (κ3) is 2.40. The van der Waals surface area contributed by atoms with Crippen molar-refractivity contribution in [2.24, 2.45) is 0 Å². The van der Waals surface area contributed by atoms with Gasteiger partial charge in [-0.2, -0.15) is 0 Å². The summed E-state index contributed by atoms with van der Waals surface area (Å²) in [5.41, 5.74) is 0. The van der Waals surface area contributed by atoms with Gasteiger partial charge in [0.25, 0.3) is 0 Å².